The molecule has 0 unspecified atom stereocenters. The topological polar surface area (TPSA) is 58.2 Å². The van der Waals surface area contributed by atoms with E-state index in [2.05, 4.69) is 10.6 Å². The molecule has 1 amide bonds. The first-order valence-electron chi connectivity index (χ1n) is 6.84. The predicted octanol–water partition coefficient (Wildman–Crippen LogP) is 1.94. The lowest BCUT2D eigenvalue weighted by Crippen LogP contribution is -2.45. The SMILES string of the molecule is Cl.O=C(CCC(=O)c1ccccc1)N[C@H]1CCCNC1. The minimum Gasteiger partial charge on any atom is -0.352 e. The van der Waals surface area contributed by atoms with Gasteiger partial charge in [-0.1, -0.05) is 30.3 Å². The van der Waals surface area contributed by atoms with E-state index in [1.165, 1.54) is 0 Å². The lowest BCUT2D eigenvalue weighted by Gasteiger charge is -2.23. The first-order chi connectivity index (χ1) is 9.25. The Labute approximate surface area is 125 Å². The standard InChI is InChI=1S/C15H20N2O2.ClH/c18-14(12-5-2-1-3-6-12)8-9-15(19)17-13-7-4-10-16-11-13;/h1-3,5-6,13,16H,4,7-11H2,(H,17,19);1H/t13-;/m0./s1. The number of Topliss-reactive ketones (excluding diaryl/α,β-unsaturated/α-hetero) is 1. The highest BCUT2D eigenvalue weighted by Crippen LogP contribution is 2.06. The number of hydrogen-bond acceptors (Lipinski definition) is 3. The van der Waals surface area contributed by atoms with Crippen molar-refractivity contribution < 1.29 is 9.59 Å². The average molecular weight is 297 g/mol. The number of benzene rings is 1. The maximum Gasteiger partial charge on any atom is 0.220 e. The van der Waals surface area contributed by atoms with E-state index in [0.29, 0.717) is 5.56 Å². The summed E-state index contributed by atoms with van der Waals surface area (Å²) in [6, 6.07) is 9.33. The van der Waals surface area contributed by atoms with Gasteiger partial charge in [-0.2, -0.15) is 0 Å². The quantitative estimate of drug-likeness (QED) is 0.817. The number of hydrogen-bond donors (Lipinski definition) is 2. The third-order valence-corrected chi connectivity index (χ3v) is 3.34. The van der Waals surface area contributed by atoms with Crippen LogP contribution in [0, 0.1) is 0 Å². The third-order valence-electron chi connectivity index (χ3n) is 3.34. The molecule has 4 nitrogen and oxygen atoms in total. The van der Waals surface area contributed by atoms with E-state index in [9.17, 15) is 9.59 Å². The fourth-order valence-electron chi connectivity index (χ4n) is 2.27. The molecule has 1 heterocycles. The molecule has 5 heteroatoms. The Bertz CT molecular complexity index is 431. The Morgan fingerprint density at radius 2 is 1.95 bits per heavy atom. The highest BCUT2D eigenvalue weighted by molar-refractivity contribution is 5.97. The molecule has 1 aliphatic rings. The van der Waals surface area contributed by atoms with E-state index in [4.69, 9.17) is 0 Å². The number of carbonyl (C=O) groups is 2. The van der Waals surface area contributed by atoms with Crippen molar-refractivity contribution in [3.63, 3.8) is 0 Å². The van der Waals surface area contributed by atoms with Crippen LogP contribution in [-0.4, -0.2) is 30.8 Å². The van der Waals surface area contributed by atoms with Crippen molar-refractivity contribution in [3.05, 3.63) is 35.9 Å². The number of carbonyl (C=O) groups excluding carboxylic acids is 2. The average Bonchev–Trinajstić information content (AvgIpc) is 2.47. The van der Waals surface area contributed by atoms with Gasteiger partial charge in [0.2, 0.25) is 5.91 Å². The number of amides is 1. The van der Waals surface area contributed by atoms with Crippen LogP contribution in [0.15, 0.2) is 30.3 Å². The first-order valence-corrected chi connectivity index (χ1v) is 6.84. The van der Waals surface area contributed by atoms with E-state index in [1.54, 1.807) is 12.1 Å². The number of rotatable bonds is 5. The summed E-state index contributed by atoms with van der Waals surface area (Å²) in [7, 11) is 0. The molecule has 1 aromatic carbocycles. The van der Waals surface area contributed by atoms with Crippen LogP contribution in [0.2, 0.25) is 0 Å². The maximum atomic E-state index is 11.8. The molecular weight excluding hydrogens is 276 g/mol. The van der Waals surface area contributed by atoms with Gasteiger partial charge in [-0.05, 0) is 19.4 Å². The molecule has 1 fully saturated rings. The summed E-state index contributed by atoms with van der Waals surface area (Å²) < 4.78 is 0. The van der Waals surface area contributed by atoms with Crippen LogP contribution in [0.25, 0.3) is 0 Å². The highest BCUT2D eigenvalue weighted by Gasteiger charge is 2.16. The molecule has 110 valence electrons. The fraction of sp³-hybridized carbons (Fsp3) is 0.467. The first kappa shape index (κ1) is 16.7. The summed E-state index contributed by atoms with van der Waals surface area (Å²) in [6.45, 7) is 1.86. The summed E-state index contributed by atoms with van der Waals surface area (Å²) in [6.07, 6.45) is 2.65. The number of ketones is 1. The number of piperidine rings is 1. The smallest absolute Gasteiger partial charge is 0.220 e. The van der Waals surface area contributed by atoms with Crippen molar-refractivity contribution in [2.24, 2.45) is 0 Å². The van der Waals surface area contributed by atoms with E-state index in [0.717, 1.165) is 25.9 Å². The molecule has 1 atom stereocenters. The normalized spacial score (nSPS) is 17.9. The Balaban J connectivity index is 0.00000200. The van der Waals surface area contributed by atoms with E-state index >= 15 is 0 Å². The number of nitrogens with one attached hydrogen (secondary N) is 2. The van der Waals surface area contributed by atoms with Crippen molar-refractivity contribution in [1.29, 1.82) is 0 Å². The molecule has 1 aliphatic heterocycles. The minimum absolute atomic E-state index is 0. The van der Waals surface area contributed by atoms with Crippen LogP contribution in [0.5, 0.6) is 0 Å². The Kier molecular flexibility index (Phi) is 7.26. The highest BCUT2D eigenvalue weighted by atomic mass is 35.5. The van der Waals surface area contributed by atoms with Gasteiger partial charge in [0.05, 0.1) is 0 Å². The van der Waals surface area contributed by atoms with Gasteiger partial charge >= 0.3 is 0 Å². The molecular formula is C15H21ClN2O2. The van der Waals surface area contributed by atoms with Crippen LogP contribution in [0.1, 0.15) is 36.0 Å². The van der Waals surface area contributed by atoms with Crippen LogP contribution in [0.3, 0.4) is 0 Å². The summed E-state index contributed by atoms with van der Waals surface area (Å²) in [5, 5.41) is 6.22. The van der Waals surface area contributed by atoms with Gasteiger partial charge in [0, 0.05) is 31.0 Å². The Hall–Kier alpha value is -1.39. The van der Waals surface area contributed by atoms with Crippen molar-refractivity contribution in [2.75, 3.05) is 13.1 Å². The fourth-order valence-corrected chi connectivity index (χ4v) is 2.27. The van der Waals surface area contributed by atoms with Crippen molar-refractivity contribution in [3.8, 4) is 0 Å². The predicted molar refractivity (Wildman–Crippen MR) is 81.3 cm³/mol. The second-order valence-electron chi connectivity index (χ2n) is 4.90. The van der Waals surface area contributed by atoms with E-state index in [-0.39, 0.29) is 43.0 Å². The summed E-state index contributed by atoms with van der Waals surface area (Å²) in [4.78, 5) is 23.6. The molecule has 0 spiro atoms. The maximum absolute atomic E-state index is 11.8. The Morgan fingerprint density at radius 1 is 1.20 bits per heavy atom. The van der Waals surface area contributed by atoms with Gasteiger partial charge < -0.3 is 10.6 Å². The molecule has 1 aromatic rings. The van der Waals surface area contributed by atoms with E-state index < -0.39 is 0 Å². The van der Waals surface area contributed by atoms with Crippen molar-refractivity contribution in [2.45, 2.75) is 31.7 Å². The molecule has 1 saturated heterocycles. The van der Waals surface area contributed by atoms with Crippen LogP contribution in [0.4, 0.5) is 0 Å². The molecule has 0 bridgehead atoms. The lowest BCUT2D eigenvalue weighted by molar-refractivity contribution is -0.121. The summed E-state index contributed by atoms with van der Waals surface area (Å²) in [5.41, 5.74) is 0.676. The van der Waals surface area contributed by atoms with Crippen LogP contribution >= 0.6 is 12.4 Å². The monoisotopic (exact) mass is 296 g/mol. The zero-order valence-corrected chi connectivity index (χ0v) is 12.2. The molecule has 2 rings (SSSR count). The van der Waals surface area contributed by atoms with Gasteiger partial charge in [-0.3, -0.25) is 9.59 Å². The van der Waals surface area contributed by atoms with Gasteiger partial charge in [0.1, 0.15) is 0 Å². The molecule has 0 aliphatic carbocycles. The molecule has 0 radical (unpaired) electrons. The van der Waals surface area contributed by atoms with Crippen LogP contribution in [-0.2, 0) is 4.79 Å². The van der Waals surface area contributed by atoms with Gasteiger partial charge in [0.15, 0.2) is 5.78 Å². The minimum atomic E-state index is -0.0296. The van der Waals surface area contributed by atoms with Crippen molar-refractivity contribution >= 4 is 24.1 Å². The van der Waals surface area contributed by atoms with Gasteiger partial charge in [0.25, 0.3) is 0 Å². The molecule has 0 aromatic heterocycles. The second-order valence-corrected chi connectivity index (χ2v) is 4.90. The third kappa shape index (κ3) is 5.31. The van der Waals surface area contributed by atoms with E-state index in [1.807, 2.05) is 18.2 Å². The summed E-state index contributed by atoms with van der Waals surface area (Å²) >= 11 is 0. The van der Waals surface area contributed by atoms with Crippen LogP contribution < -0.4 is 10.6 Å². The Morgan fingerprint density at radius 3 is 2.60 bits per heavy atom. The lowest BCUT2D eigenvalue weighted by atomic mass is 10.1. The zero-order valence-electron chi connectivity index (χ0n) is 11.4. The molecule has 2 N–H and O–H groups in total. The summed E-state index contributed by atoms with van der Waals surface area (Å²) in [5.74, 6) is -0.00417. The van der Waals surface area contributed by atoms with Crippen molar-refractivity contribution in [1.82, 2.24) is 10.6 Å². The van der Waals surface area contributed by atoms with Gasteiger partial charge in [-0.15, -0.1) is 12.4 Å². The molecule has 20 heavy (non-hydrogen) atoms. The number of halogens is 1. The largest absolute Gasteiger partial charge is 0.352 e. The molecule has 0 saturated carbocycles. The van der Waals surface area contributed by atoms with Gasteiger partial charge in [-0.25, -0.2) is 0 Å². The second kappa shape index (κ2) is 8.72. The zero-order chi connectivity index (χ0) is 13.5.